The van der Waals surface area contributed by atoms with Crippen LogP contribution in [0, 0.1) is 5.92 Å². The van der Waals surface area contributed by atoms with Gasteiger partial charge in [0.2, 0.25) is 0 Å². The maximum Gasteiger partial charge on any atom is 0.416 e. The van der Waals surface area contributed by atoms with Gasteiger partial charge in [0.25, 0.3) is 5.91 Å². The summed E-state index contributed by atoms with van der Waals surface area (Å²) in [5, 5.41) is 7.48. The fraction of sp³-hybridized carbons (Fsp3) is 0.348. The summed E-state index contributed by atoms with van der Waals surface area (Å²) in [4.78, 5) is 16.6. The van der Waals surface area contributed by atoms with Crippen LogP contribution < -0.4 is 5.32 Å². The minimum absolute atomic E-state index is 0.00729. The lowest BCUT2D eigenvalue weighted by Crippen LogP contribution is -2.38. The maximum atomic E-state index is 13.0. The normalized spacial score (nSPS) is 19.0. The van der Waals surface area contributed by atoms with Crippen molar-refractivity contribution in [2.45, 2.75) is 44.4 Å². The number of hydrogen-bond donors (Lipinski definition) is 1. The molecule has 1 amide bonds. The molecule has 0 bridgehead atoms. The molecule has 0 saturated heterocycles. The molecular weight excluding hydrogens is 441 g/mol. The lowest BCUT2D eigenvalue weighted by Gasteiger charge is -2.29. The Balaban J connectivity index is 1.31. The third-order valence-corrected chi connectivity index (χ3v) is 6.11. The molecule has 168 valence electrons. The first-order valence-corrected chi connectivity index (χ1v) is 10.8. The van der Waals surface area contributed by atoms with Gasteiger partial charge in [-0.25, -0.2) is 0 Å². The summed E-state index contributed by atoms with van der Waals surface area (Å²) in [6.45, 7) is 0.783. The van der Waals surface area contributed by atoms with Gasteiger partial charge in [-0.1, -0.05) is 11.6 Å². The summed E-state index contributed by atoms with van der Waals surface area (Å²) in [6.07, 6.45) is 4.20. The minimum Gasteiger partial charge on any atom is -0.349 e. The monoisotopic (exact) mass is 462 g/mol. The van der Waals surface area contributed by atoms with Crippen LogP contribution in [-0.2, 0) is 12.7 Å². The van der Waals surface area contributed by atoms with Gasteiger partial charge >= 0.3 is 6.18 Å². The van der Waals surface area contributed by atoms with Crippen molar-refractivity contribution in [1.29, 1.82) is 0 Å². The Morgan fingerprint density at radius 1 is 1.09 bits per heavy atom. The molecule has 4 rings (SSSR count). The number of aromatic nitrogens is 3. The van der Waals surface area contributed by atoms with Crippen molar-refractivity contribution in [3.05, 3.63) is 71.1 Å². The molecule has 1 saturated carbocycles. The van der Waals surface area contributed by atoms with Gasteiger partial charge in [-0.2, -0.15) is 18.3 Å². The Bertz CT molecular complexity index is 1080. The summed E-state index contributed by atoms with van der Waals surface area (Å²) in [5.74, 6) is -0.149. The molecule has 2 aromatic heterocycles. The second-order valence-corrected chi connectivity index (χ2v) is 8.45. The van der Waals surface area contributed by atoms with Crippen LogP contribution in [0.4, 0.5) is 13.2 Å². The van der Waals surface area contributed by atoms with Gasteiger partial charge < -0.3 is 5.32 Å². The van der Waals surface area contributed by atoms with Crippen LogP contribution in [-0.4, -0.2) is 26.7 Å². The highest BCUT2D eigenvalue weighted by molar-refractivity contribution is 6.33. The number of nitrogens with zero attached hydrogens (tertiary/aromatic N) is 3. The largest absolute Gasteiger partial charge is 0.416 e. The van der Waals surface area contributed by atoms with Crippen LogP contribution >= 0.6 is 11.6 Å². The average Bonchev–Trinajstić information content (AvgIpc) is 3.24. The Labute approximate surface area is 188 Å². The summed E-state index contributed by atoms with van der Waals surface area (Å²) >= 11 is 5.98. The molecule has 5 nitrogen and oxygen atoms in total. The predicted octanol–water partition coefficient (Wildman–Crippen LogP) is 5.61. The van der Waals surface area contributed by atoms with Crippen molar-refractivity contribution in [3.8, 4) is 11.3 Å². The van der Waals surface area contributed by atoms with Gasteiger partial charge in [0, 0.05) is 36.7 Å². The lowest BCUT2D eigenvalue weighted by atomic mass is 9.86. The number of hydrogen-bond acceptors (Lipinski definition) is 3. The van der Waals surface area contributed by atoms with Crippen LogP contribution in [0.3, 0.4) is 0 Å². The molecule has 0 aliphatic heterocycles. The molecule has 1 N–H and O–H groups in total. The highest BCUT2D eigenvalue weighted by Gasteiger charge is 2.32. The van der Waals surface area contributed by atoms with Crippen molar-refractivity contribution in [2.24, 2.45) is 5.92 Å². The van der Waals surface area contributed by atoms with E-state index >= 15 is 0 Å². The summed E-state index contributed by atoms with van der Waals surface area (Å²) in [6, 6.07) is 8.50. The van der Waals surface area contributed by atoms with Gasteiger partial charge in [-0.3, -0.25) is 14.5 Å². The lowest BCUT2D eigenvalue weighted by molar-refractivity contribution is -0.137. The first kappa shape index (κ1) is 22.3. The molecule has 1 aliphatic carbocycles. The second kappa shape index (κ2) is 9.32. The summed E-state index contributed by atoms with van der Waals surface area (Å²) < 4.78 is 40.8. The van der Waals surface area contributed by atoms with E-state index in [-0.39, 0.29) is 16.6 Å². The van der Waals surface area contributed by atoms with E-state index in [4.69, 9.17) is 11.6 Å². The van der Waals surface area contributed by atoms with Crippen LogP contribution in [0.25, 0.3) is 11.3 Å². The molecule has 0 atom stereocenters. The molecule has 1 fully saturated rings. The van der Waals surface area contributed by atoms with Crippen molar-refractivity contribution in [3.63, 3.8) is 0 Å². The van der Waals surface area contributed by atoms with Crippen molar-refractivity contribution < 1.29 is 18.0 Å². The Morgan fingerprint density at radius 3 is 2.50 bits per heavy atom. The first-order chi connectivity index (χ1) is 15.3. The number of carbonyl (C=O) groups is 1. The van der Waals surface area contributed by atoms with Gasteiger partial charge in [0.1, 0.15) is 0 Å². The van der Waals surface area contributed by atoms with Crippen LogP contribution in [0.1, 0.15) is 41.6 Å². The third kappa shape index (κ3) is 5.30. The molecule has 3 aromatic rings. The molecule has 0 radical (unpaired) electrons. The molecule has 32 heavy (non-hydrogen) atoms. The van der Waals surface area contributed by atoms with Crippen LogP contribution in [0.2, 0.25) is 5.02 Å². The zero-order chi connectivity index (χ0) is 22.7. The summed E-state index contributed by atoms with van der Waals surface area (Å²) in [7, 11) is 0. The summed E-state index contributed by atoms with van der Waals surface area (Å²) in [5.41, 5.74) is 0.870. The molecule has 9 heteroatoms. The number of pyridine rings is 1. The predicted molar refractivity (Wildman–Crippen MR) is 115 cm³/mol. The fourth-order valence-corrected chi connectivity index (χ4v) is 4.24. The molecule has 1 aromatic carbocycles. The zero-order valence-electron chi connectivity index (χ0n) is 17.1. The minimum atomic E-state index is -4.53. The van der Waals surface area contributed by atoms with E-state index in [1.54, 1.807) is 12.4 Å². The highest BCUT2D eigenvalue weighted by Crippen LogP contribution is 2.32. The Kier molecular flexibility index (Phi) is 6.50. The van der Waals surface area contributed by atoms with Crippen LogP contribution in [0.5, 0.6) is 0 Å². The number of carbonyl (C=O) groups excluding carboxylic acids is 1. The van der Waals surface area contributed by atoms with Crippen molar-refractivity contribution in [2.75, 3.05) is 0 Å². The van der Waals surface area contributed by atoms with E-state index in [1.165, 1.54) is 0 Å². The van der Waals surface area contributed by atoms with E-state index < -0.39 is 17.6 Å². The second-order valence-electron chi connectivity index (χ2n) is 8.04. The van der Waals surface area contributed by atoms with E-state index in [1.807, 2.05) is 29.1 Å². The highest BCUT2D eigenvalue weighted by atomic mass is 35.5. The van der Waals surface area contributed by atoms with Crippen LogP contribution in [0.15, 0.2) is 55.0 Å². The van der Waals surface area contributed by atoms with E-state index in [0.717, 1.165) is 61.7 Å². The van der Waals surface area contributed by atoms with Gasteiger partial charge in [0.15, 0.2) is 0 Å². The van der Waals surface area contributed by atoms with Gasteiger partial charge in [-0.05, 0) is 68.0 Å². The fourth-order valence-electron chi connectivity index (χ4n) is 4.03. The topological polar surface area (TPSA) is 59.8 Å². The smallest absolute Gasteiger partial charge is 0.349 e. The molecule has 0 unspecified atom stereocenters. The number of rotatable bonds is 5. The standard InChI is InChI=1S/C23H22ClF3N4O/c24-20-6-3-17(23(25,26)27)13-19(20)22(32)29-18-4-1-15(2-5-18)14-31-12-9-21(30-31)16-7-10-28-11-8-16/h3,6-13,15,18H,1-2,4-5,14H2,(H,29,32)/t15-,18-. The van der Waals surface area contributed by atoms with E-state index in [9.17, 15) is 18.0 Å². The molecule has 0 spiro atoms. The number of alkyl halides is 3. The molecular formula is C23H22ClF3N4O. The molecule has 1 aliphatic rings. The Hall–Kier alpha value is -2.87. The zero-order valence-corrected chi connectivity index (χ0v) is 17.9. The average molecular weight is 463 g/mol. The van der Waals surface area contributed by atoms with Crippen molar-refractivity contribution in [1.82, 2.24) is 20.1 Å². The van der Waals surface area contributed by atoms with Gasteiger partial charge in [-0.15, -0.1) is 0 Å². The first-order valence-electron chi connectivity index (χ1n) is 10.4. The number of amides is 1. The molecule has 2 heterocycles. The SMILES string of the molecule is O=C(N[C@H]1CC[C@H](Cn2ccc(-c3ccncc3)n2)CC1)c1cc(C(F)(F)F)ccc1Cl. The van der Waals surface area contributed by atoms with E-state index in [2.05, 4.69) is 15.4 Å². The number of benzene rings is 1. The van der Waals surface area contributed by atoms with Crippen molar-refractivity contribution >= 4 is 17.5 Å². The number of nitrogens with one attached hydrogen (secondary N) is 1. The maximum absolute atomic E-state index is 13.0. The quantitative estimate of drug-likeness (QED) is 0.536. The third-order valence-electron chi connectivity index (χ3n) is 5.78. The Morgan fingerprint density at radius 2 is 1.81 bits per heavy atom. The number of halogens is 4. The van der Waals surface area contributed by atoms with Gasteiger partial charge in [0.05, 0.1) is 21.8 Å². The van der Waals surface area contributed by atoms with E-state index in [0.29, 0.717) is 5.92 Å².